The molecule has 0 aromatic carbocycles. The van der Waals surface area contributed by atoms with E-state index in [1.165, 1.54) is 12.3 Å². The van der Waals surface area contributed by atoms with Crippen LogP contribution < -0.4 is 0 Å². The lowest BCUT2D eigenvalue weighted by molar-refractivity contribution is -0.137. The quantitative estimate of drug-likeness (QED) is 0.840. The summed E-state index contributed by atoms with van der Waals surface area (Å²) >= 11 is 0. The fourth-order valence-corrected chi connectivity index (χ4v) is 1.34. The van der Waals surface area contributed by atoms with Crippen molar-refractivity contribution >= 4 is 0 Å². The Hall–Kier alpha value is -1.96. The van der Waals surface area contributed by atoms with Gasteiger partial charge in [-0.3, -0.25) is 0 Å². The SMILES string of the molecule is OCc1ccnc(-n2cc(C(F)(F)F)cn2)c1F. The molecular formula is C10H7F4N3O. The minimum absolute atomic E-state index is 0.0657. The van der Waals surface area contributed by atoms with Crippen LogP contribution in [-0.4, -0.2) is 19.9 Å². The highest BCUT2D eigenvalue weighted by atomic mass is 19.4. The third-order valence-corrected chi connectivity index (χ3v) is 2.25. The van der Waals surface area contributed by atoms with Crippen LogP contribution in [0.3, 0.4) is 0 Å². The maximum Gasteiger partial charge on any atom is 0.419 e. The molecule has 18 heavy (non-hydrogen) atoms. The summed E-state index contributed by atoms with van der Waals surface area (Å²) < 4.78 is 51.4. The van der Waals surface area contributed by atoms with E-state index in [2.05, 4.69) is 10.1 Å². The molecule has 4 nitrogen and oxygen atoms in total. The standard InChI is InChI=1S/C10H7F4N3O/c11-8-6(5-18)1-2-15-9(8)17-4-7(3-16-17)10(12,13)14/h1-4,18H,5H2. The van der Waals surface area contributed by atoms with Gasteiger partial charge in [-0.05, 0) is 6.07 Å². The molecular weight excluding hydrogens is 254 g/mol. The molecule has 0 saturated heterocycles. The third-order valence-electron chi connectivity index (χ3n) is 2.25. The van der Waals surface area contributed by atoms with Crippen molar-refractivity contribution in [1.29, 1.82) is 0 Å². The van der Waals surface area contributed by atoms with Crippen molar-refractivity contribution in [3.63, 3.8) is 0 Å². The normalized spacial score (nSPS) is 11.8. The Morgan fingerprint density at radius 1 is 1.33 bits per heavy atom. The maximum atomic E-state index is 13.7. The van der Waals surface area contributed by atoms with Crippen molar-refractivity contribution in [2.75, 3.05) is 0 Å². The Kier molecular flexibility index (Phi) is 3.04. The zero-order valence-electron chi connectivity index (χ0n) is 8.82. The number of alkyl halides is 3. The Labute approximate surface area is 98.5 Å². The molecule has 2 rings (SSSR count). The number of aromatic nitrogens is 3. The van der Waals surface area contributed by atoms with Crippen molar-refractivity contribution in [2.45, 2.75) is 12.8 Å². The van der Waals surface area contributed by atoms with Crippen molar-refractivity contribution in [1.82, 2.24) is 14.8 Å². The summed E-state index contributed by atoms with van der Waals surface area (Å²) in [6.07, 6.45) is -2.17. The van der Waals surface area contributed by atoms with E-state index >= 15 is 0 Å². The lowest BCUT2D eigenvalue weighted by atomic mass is 10.2. The van der Waals surface area contributed by atoms with Crippen LogP contribution in [0.5, 0.6) is 0 Å². The van der Waals surface area contributed by atoms with Gasteiger partial charge in [0.15, 0.2) is 11.6 Å². The number of nitrogens with zero attached hydrogens (tertiary/aromatic N) is 3. The zero-order valence-corrected chi connectivity index (χ0v) is 8.82. The molecule has 0 bridgehead atoms. The van der Waals surface area contributed by atoms with E-state index in [-0.39, 0.29) is 5.56 Å². The van der Waals surface area contributed by atoms with Gasteiger partial charge in [0.05, 0.1) is 18.4 Å². The summed E-state index contributed by atoms with van der Waals surface area (Å²) in [5.74, 6) is -1.30. The highest BCUT2D eigenvalue weighted by Gasteiger charge is 2.32. The summed E-state index contributed by atoms with van der Waals surface area (Å²) in [7, 11) is 0. The van der Waals surface area contributed by atoms with Crippen LogP contribution in [0.15, 0.2) is 24.7 Å². The van der Waals surface area contributed by atoms with Crippen LogP contribution in [0.25, 0.3) is 5.82 Å². The molecule has 0 unspecified atom stereocenters. The monoisotopic (exact) mass is 261 g/mol. The maximum absolute atomic E-state index is 13.7. The summed E-state index contributed by atoms with van der Waals surface area (Å²) in [5, 5.41) is 12.2. The first-order valence-electron chi connectivity index (χ1n) is 4.80. The number of rotatable bonds is 2. The number of pyridine rings is 1. The van der Waals surface area contributed by atoms with Crippen molar-refractivity contribution in [3.8, 4) is 5.82 Å². The number of halogens is 4. The molecule has 2 aromatic rings. The van der Waals surface area contributed by atoms with E-state index in [0.29, 0.717) is 17.1 Å². The molecule has 0 aliphatic heterocycles. The van der Waals surface area contributed by atoms with Gasteiger partial charge in [-0.1, -0.05) is 0 Å². The molecule has 0 spiro atoms. The van der Waals surface area contributed by atoms with Crippen LogP contribution in [0.4, 0.5) is 17.6 Å². The Balaban J connectivity index is 2.47. The first-order valence-corrected chi connectivity index (χ1v) is 4.80. The first kappa shape index (κ1) is 12.5. The fraction of sp³-hybridized carbons (Fsp3) is 0.200. The lowest BCUT2D eigenvalue weighted by Crippen LogP contribution is -2.06. The minimum Gasteiger partial charge on any atom is -0.392 e. The van der Waals surface area contributed by atoms with E-state index < -0.39 is 30.0 Å². The van der Waals surface area contributed by atoms with Gasteiger partial charge in [-0.2, -0.15) is 18.3 Å². The molecule has 2 heterocycles. The van der Waals surface area contributed by atoms with Crippen molar-refractivity contribution < 1.29 is 22.7 Å². The van der Waals surface area contributed by atoms with Gasteiger partial charge in [0.1, 0.15) is 0 Å². The Morgan fingerprint density at radius 3 is 2.61 bits per heavy atom. The number of hydrogen-bond acceptors (Lipinski definition) is 3. The van der Waals surface area contributed by atoms with E-state index in [1.54, 1.807) is 0 Å². The van der Waals surface area contributed by atoms with Crippen LogP contribution >= 0.6 is 0 Å². The molecule has 0 aliphatic rings. The molecule has 0 saturated carbocycles. The molecule has 0 aliphatic carbocycles. The molecule has 0 amide bonds. The van der Waals surface area contributed by atoms with Crippen molar-refractivity contribution in [2.24, 2.45) is 0 Å². The average Bonchev–Trinajstić information content (AvgIpc) is 2.78. The van der Waals surface area contributed by atoms with Gasteiger partial charge in [0.25, 0.3) is 0 Å². The molecule has 1 N–H and O–H groups in total. The third kappa shape index (κ3) is 2.19. The van der Waals surface area contributed by atoms with Gasteiger partial charge >= 0.3 is 6.18 Å². The van der Waals surface area contributed by atoms with Gasteiger partial charge < -0.3 is 5.11 Å². The predicted molar refractivity (Wildman–Crippen MR) is 52.2 cm³/mol. The molecule has 0 radical (unpaired) electrons. The van der Waals surface area contributed by atoms with Gasteiger partial charge in [0.2, 0.25) is 0 Å². The number of hydrogen-bond donors (Lipinski definition) is 1. The minimum atomic E-state index is -4.55. The lowest BCUT2D eigenvalue weighted by Gasteiger charge is -2.05. The molecule has 0 atom stereocenters. The fourth-order valence-electron chi connectivity index (χ4n) is 1.34. The van der Waals surface area contributed by atoms with Gasteiger partial charge in [0, 0.05) is 18.0 Å². The smallest absolute Gasteiger partial charge is 0.392 e. The van der Waals surface area contributed by atoms with Crippen molar-refractivity contribution in [3.05, 3.63) is 41.6 Å². The van der Waals surface area contributed by atoms with Crippen LogP contribution in [-0.2, 0) is 12.8 Å². The topological polar surface area (TPSA) is 50.9 Å². The van der Waals surface area contributed by atoms with Crippen LogP contribution in [0, 0.1) is 5.82 Å². The summed E-state index contributed by atoms with van der Waals surface area (Å²) in [6.45, 7) is -0.575. The summed E-state index contributed by atoms with van der Waals surface area (Å²) in [4.78, 5) is 3.60. The first-order chi connectivity index (χ1) is 8.43. The highest BCUT2D eigenvalue weighted by molar-refractivity contribution is 5.30. The number of aliphatic hydroxyl groups excluding tert-OH is 1. The molecule has 0 fully saturated rings. The highest BCUT2D eigenvalue weighted by Crippen LogP contribution is 2.29. The number of aliphatic hydroxyl groups is 1. The molecule has 8 heteroatoms. The van der Waals surface area contributed by atoms with Crippen LogP contribution in [0.1, 0.15) is 11.1 Å². The van der Waals surface area contributed by atoms with Gasteiger partial charge in [-0.15, -0.1) is 0 Å². The van der Waals surface area contributed by atoms with E-state index in [9.17, 15) is 17.6 Å². The summed E-state index contributed by atoms with van der Waals surface area (Å²) in [5.41, 5.74) is -1.07. The summed E-state index contributed by atoms with van der Waals surface area (Å²) in [6, 6.07) is 1.23. The van der Waals surface area contributed by atoms with E-state index in [4.69, 9.17) is 5.11 Å². The van der Waals surface area contributed by atoms with Gasteiger partial charge in [-0.25, -0.2) is 14.1 Å². The largest absolute Gasteiger partial charge is 0.419 e. The second-order valence-corrected chi connectivity index (χ2v) is 3.44. The molecule has 96 valence electrons. The van der Waals surface area contributed by atoms with Crippen LogP contribution in [0.2, 0.25) is 0 Å². The Morgan fingerprint density at radius 2 is 2.06 bits per heavy atom. The second-order valence-electron chi connectivity index (χ2n) is 3.44. The average molecular weight is 261 g/mol. The van der Waals surface area contributed by atoms with E-state index in [1.807, 2.05) is 0 Å². The Bertz CT molecular complexity index is 564. The second kappa shape index (κ2) is 4.37. The predicted octanol–water partition coefficient (Wildman–Crippen LogP) is 1.92. The zero-order chi connectivity index (χ0) is 13.3. The van der Waals surface area contributed by atoms with E-state index in [0.717, 1.165) is 0 Å². The molecule has 2 aromatic heterocycles.